The fourth-order valence-electron chi connectivity index (χ4n) is 2.89. The van der Waals surface area contributed by atoms with Crippen molar-refractivity contribution < 1.29 is 8.78 Å². The van der Waals surface area contributed by atoms with Crippen molar-refractivity contribution >= 4 is 17.5 Å². The fourth-order valence-corrected chi connectivity index (χ4v) is 2.89. The smallest absolute Gasteiger partial charge is 0.264 e. The van der Waals surface area contributed by atoms with Crippen LogP contribution in [0.3, 0.4) is 0 Å². The molecule has 1 aliphatic rings. The van der Waals surface area contributed by atoms with Crippen molar-refractivity contribution in [2.75, 3.05) is 10.6 Å². The summed E-state index contributed by atoms with van der Waals surface area (Å²) in [5.74, 6) is -1.96. The number of rotatable bonds is 4. The summed E-state index contributed by atoms with van der Waals surface area (Å²) in [6, 6.07) is 7.82. The lowest BCUT2D eigenvalue weighted by Gasteiger charge is -2.35. The molecule has 24 heavy (non-hydrogen) atoms. The Hall–Kier alpha value is -2.28. The van der Waals surface area contributed by atoms with Crippen molar-refractivity contribution in [2.45, 2.75) is 44.2 Å². The van der Waals surface area contributed by atoms with E-state index in [2.05, 4.69) is 20.6 Å². The summed E-state index contributed by atoms with van der Waals surface area (Å²) in [6.07, 6.45) is 2.43. The van der Waals surface area contributed by atoms with Crippen LogP contribution in [0, 0.1) is 6.92 Å². The molecular formula is C17H21F2N5. The number of anilines is 3. The van der Waals surface area contributed by atoms with E-state index in [0.29, 0.717) is 24.6 Å². The zero-order valence-corrected chi connectivity index (χ0v) is 13.5. The van der Waals surface area contributed by atoms with Crippen LogP contribution in [0.25, 0.3) is 0 Å². The second-order valence-corrected chi connectivity index (χ2v) is 6.19. The number of nitrogens with two attached hydrogens (primary N) is 1. The van der Waals surface area contributed by atoms with Crippen molar-refractivity contribution in [1.82, 2.24) is 9.97 Å². The first kappa shape index (κ1) is 16.6. The number of benzene rings is 1. The minimum atomic E-state index is -2.85. The Morgan fingerprint density at radius 3 is 2.92 bits per heavy atom. The predicted molar refractivity (Wildman–Crippen MR) is 90.7 cm³/mol. The molecule has 0 saturated heterocycles. The van der Waals surface area contributed by atoms with Crippen molar-refractivity contribution in [3.8, 4) is 0 Å². The van der Waals surface area contributed by atoms with E-state index in [1.54, 1.807) is 12.3 Å². The molecule has 1 aromatic carbocycles. The molecule has 0 spiro atoms. The minimum Gasteiger partial charge on any atom is -0.350 e. The highest BCUT2D eigenvalue weighted by Gasteiger charge is 2.44. The summed E-state index contributed by atoms with van der Waals surface area (Å²) < 4.78 is 27.5. The molecule has 2 atom stereocenters. The predicted octanol–water partition coefficient (Wildman–Crippen LogP) is 3.46. The van der Waals surface area contributed by atoms with Crippen LogP contribution in [0.2, 0.25) is 0 Å². The van der Waals surface area contributed by atoms with Gasteiger partial charge in [-0.05, 0) is 43.5 Å². The van der Waals surface area contributed by atoms with Crippen LogP contribution < -0.4 is 16.4 Å². The molecule has 0 radical (unpaired) electrons. The van der Waals surface area contributed by atoms with Gasteiger partial charge < -0.3 is 16.4 Å². The molecule has 1 aliphatic carbocycles. The van der Waals surface area contributed by atoms with Crippen LogP contribution >= 0.6 is 0 Å². The summed E-state index contributed by atoms with van der Waals surface area (Å²) in [5, 5.41) is 6.14. The maximum Gasteiger partial charge on any atom is 0.264 e. The van der Waals surface area contributed by atoms with Gasteiger partial charge in [-0.2, -0.15) is 4.98 Å². The number of hydrogen-bond donors (Lipinski definition) is 3. The van der Waals surface area contributed by atoms with Crippen molar-refractivity contribution in [2.24, 2.45) is 5.73 Å². The topological polar surface area (TPSA) is 75.9 Å². The molecule has 1 fully saturated rings. The standard InChI is InChI=1S/C17H21F2N5/c1-11-4-2-5-12(10-11)22-14-7-9-21-16(24-14)23-13-6-3-8-17(18,19)15(13)20/h2,4-5,7,9-10,13,15H,3,6,8,20H2,1H3,(H2,21,22,23,24)/t13-,15-/m1/s1. The molecule has 3 rings (SSSR count). The average Bonchev–Trinajstić information content (AvgIpc) is 2.52. The van der Waals surface area contributed by atoms with Gasteiger partial charge in [-0.3, -0.25) is 0 Å². The Bertz CT molecular complexity index is 707. The quantitative estimate of drug-likeness (QED) is 0.799. The molecule has 0 amide bonds. The van der Waals surface area contributed by atoms with Crippen LogP contribution in [-0.4, -0.2) is 28.0 Å². The maximum atomic E-state index is 13.7. The van der Waals surface area contributed by atoms with Crippen LogP contribution in [0.5, 0.6) is 0 Å². The number of aromatic nitrogens is 2. The highest BCUT2D eigenvalue weighted by Crippen LogP contribution is 2.33. The van der Waals surface area contributed by atoms with Gasteiger partial charge in [-0.15, -0.1) is 0 Å². The number of halogens is 2. The van der Waals surface area contributed by atoms with Gasteiger partial charge in [0.2, 0.25) is 5.95 Å². The molecule has 0 unspecified atom stereocenters. The van der Waals surface area contributed by atoms with E-state index >= 15 is 0 Å². The lowest BCUT2D eigenvalue weighted by molar-refractivity contribution is -0.0555. The van der Waals surface area contributed by atoms with Gasteiger partial charge >= 0.3 is 0 Å². The summed E-state index contributed by atoms with van der Waals surface area (Å²) in [4.78, 5) is 8.45. The average molecular weight is 333 g/mol. The summed E-state index contributed by atoms with van der Waals surface area (Å²) >= 11 is 0. The lowest BCUT2D eigenvalue weighted by atomic mass is 9.87. The largest absolute Gasteiger partial charge is 0.350 e. The maximum absolute atomic E-state index is 13.7. The van der Waals surface area contributed by atoms with Crippen LogP contribution in [0.1, 0.15) is 24.8 Å². The van der Waals surface area contributed by atoms with E-state index < -0.39 is 18.0 Å². The van der Waals surface area contributed by atoms with Gasteiger partial charge in [0, 0.05) is 18.3 Å². The van der Waals surface area contributed by atoms with Crippen LogP contribution in [0.15, 0.2) is 36.5 Å². The lowest BCUT2D eigenvalue weighted by Crippen LogP contribution is -2.55. The second kappa shape index (κ2) is 6.68. The number of nitrogens with one attached hydrogen (secondary N) is 2. The highest BCUT2D eigenvalue weighted by atomic mass is 19.3. The van der Waals surface area contributed by atoms with Crippen LogP contribution in [0.4, 0.5) is 26.2 Å². The summed E-state index contributed by atoms with van der Waals surface area (Å²) in [5.41, 5.74) is 7.73. The van der Waals surface area contributed by atoms with Gasteiger partial charge in [-0.25, -0.2) is 13.8 Å². The van der Waals surface area contributed by atoms with Crippen molar-refractivity contribution in [3.63, 3.8) is 0 Å². The molecule has 5 nitrogen and oxygen atoms in total. The Kier molecular flexibility index (Phi) is 4.62. The molecule has 2 aromatic rings. The minimum absolute atomic E-state index is 0.165. The third-order valence-electron chi connectivity index (χ3n) is 4.21. The second-order valence-electron chi connectivity index (χ2n) is 6.19. The first-order chi connectivity index (χ1) is 11.4. The monoisotopic (exact) mass is 333 g/mol. The van der Waals surface area contributed by atoms with Gasteiger partial charge in [0.05, 0.1) is 12.1 Å². The van der Waals surface area contributed by atoms with Gasteiger partial charge in [0.1, 0.15) is 5.82 Å². The summed E-state index contributed by atoms with van der Waals surface area (Å²) in [7, 11) is 0. The normalized spacial score (nSPS) is 22.8. The Morgan fingerprint density at radius 2 is 2.12 bits per heavy atom. The van der Waals surface area contributed by atoms with E-state index in [0.717, 1.165) is 11.3 Å². The molecule has 7 heteroatoms. The molecule has 1 aromatic heterocycles. The Labute approximate surface area is 139 Å². The van der Waals surface area contributed by atoms with Gasteiger partial charge in [-0.1, -0.05) is 12.1 Å². The number of alkyl halides is 2. The first-order valence-corrected chi connectivity index (χ1v) is 8.01. The Morgan fingerprint density at radius 1 is 1.29 bits per heavy atom. The molecule has 0 aliphatic heterocycles. The molecule has 1 saturated carbocycles. The van der Waals surface area contributed by atoms with E-state index in [9.17, 15) is 8.78 Å². The summed E-state index contributed by atoms with van der Waals surface area (Å²) in [6.45, 7) is 2.00. The number of hydrogen-bond acceptors (Lipinski definition) is 5. The SMILES string of the molecule is Cc1cccc(Nc2ccnc(N[C@@H]3CCCC(F)(F)[C@@H]3N)n2)c1. The van der Waals surface area contributed by atoms with Crippen LogP contribution in [-0.2, 0) is 0 Å². The number of nitrogens with zero attached hydrogens (tertiary/aromatic N) is 2. The van der Waals surface area contributed by atoms with E-state index in [-0.39, 0.29) is 6.42 Å². The zero-order valence-electron chi connectivity index (χ0n) is 13.5. The zero-order chi connectivity index (χ0) is 17.2. The van der Waals surface area contributed by atoms with E-state index in [1.807, 2.05) is 31.2 Å². The van der Waals surface area contributed by atoms with Gasteiger partial charge in [0.15, 0.2) is 0 Å². The Balaban J connectivity index is 1.71. The first-order valence-electron chi connectivity index (χ1n) is 8.01. The molecule has 128 valence electrons. The third-order valence-corrected chi connectivity index (χ3v) is 4.21. The molecule has 0 bridgehead atoms. The van der Waals surface area contributed by atoms with Gasteiger partial charge in [0.25, 0.3) is 5.92 Å². The number of aryl methyl sites for hydroxylation is 1. The fraction of sp³-hybridized carbons (Fsp3) is 0.412. The molecule has 4 N–H and O–H groups in total. The van der Waals surface area contributed by atoms with E-state index in [4.69, 9.17) is 5.73 Å². The highest BCUT2D eigenvalue weighted by molar-refractivity contribution is 5.57. The van der Waals surface area contributed by atoms with E-state index in [1.165, 1.54) is 0 Å². The van der Waals surface area contributed by atoms with Crippen molar-refractivity contribution in [3.05, 3.63) is 42.1 Å². The van der Waals surface area contributed by atoms with Crippen molar-refractivity contribution in [1.29, 1.82) is 0 Å². The molecular weight excluding hydrogens is 312 g/mol. The molecule has 1 heterocycles. The third kappa shape index (κ3) is 3.79.